The molecule has 2 aromatic carbocycles. The molecule has 0 saturated carbocycles. The number of phenols is 1. The van der Waals surface area contributed by atoms with Gasteiger partial charge < -0.3 is 14.9 Å². The van der Waals surface area contributed by atoms with E-state index in [4.69, 9.17) is 5.21 Å². The summed E-state index contributed by atoms with van der Waals surface area (Å²) in [5.41, 5.74) is 2.43. The highest BCUT2D eigenvalue weighted by molar-refractivity contribution is 6.00. The van der Waals surface area contributed by atoms with Crippen molar-refractivity contribution in [2.75, 3.05) is 0 Å². The highest BCUT2D eigenvalue weighted by atomic mass is 16.4. The predicted molar refractivity (Wildman–Crippen MR) is 74.3 cm³/mol. The van der Waals surface area contributed by atoms with Crippen molar-refractivity contribution in [1.82, 2.24) is 4.57 Å². The van der Waals surface area contributed by atoms with E-state index >= 15 is 0 Å². The van der Waals surface area contributed by atoms with Gasteiger partial charge in [0.05, 0.1) is 17.4 Å². The fourth-order valence-corrected chi connectivity index (χ4v) is 2.24. The standard InChI is InChI=1S/C15H12N2O2/c18-15-8-4-3-7-14(15)17-10-11(9-16-19)12-5-1-2-6-13(12)17/h1-10,18-19H/b16-9+. The number of benzene rings is 2. The number of hydrogen-bond donors (Lipinski definition) is 2. The maximum atomic E-state index is 9.96. The number of hydrogen-bond acceptors (Lipinski definition) is 3. The first-order valence-electron chi connectivity index (χ1n) is 5.87. The molecule has 94 valence electrons. The lowest BCUT2D eigenvalue weighted by Crippen LogP contribution is -1.91. The van der Waals surface area contributed by atoms with Gasteiger partial charge in [-0.1, -0.05) is 35.5 Å². The number of oxime groups is 1. The number of rotatable bonds is 2. The van der Waals surface area contributed by atoms with Gasteiger partial charge in [-0.2, -0.15) is 0 Å². The van der Waals surface area contributed by atoms with E-state index in [9.17, 15) is 5.11 Å². The molecule has 2 N–H and O–H groups in total. The molecule has 19 heavy (non-hydrogen) atoms. The number of phenolic OH excluding ortho intramolecular Hbond substituents is 1. The number of para-hydroxylation sites is 3. The van der Waals surface area contributed by atoms with Crippen LogP contribution in [0.2, 0.25) is 0 Å². The maximum absolute atomic E-state index is 9.96. The van der Waals surface area contributed by atoms with Crippen molar-refractivity contribution >= 4 is 17.1 Å². The Bertz CT molecular complexity index is 760. The second-order valence-electron chi connectivity index (χ2n) is 4.20. The Morgan fingerprint density at radius 3 is 2.53 bits per heavy atom. The van der Waals surface area contributed by atoms with Crippen LogP contribution in [0.1, 0.15) is 5.56 Å². The molecule has 0 saturated heterocycles. The van der Waals surface area contributed by atoms with E-state index in [2.05, 4.69) is 5.16 Å². The minimum atomic E-state index is 0.204. The quantitative estimate of drug-likeness (QED) is 0.418. The fraction of sp³-hybridized carbons (Fsp3) is 0. The average Bonchev–Trinajstić information content (AvgIpc) is 2.79. The Labute approximate surface area is 109 Å². The van der Waals surface area contributed by atoms with Crippen LogP contribution in [0.15, 0.2) is 59.9 Å². The topological polar surface area (TPSA) is 57.8 Å². The first kappa shape index (κ1) is 11.3. The van der Waals surface area contributed by atoms with E-state index in [1.807, 2.05) is 47.2 Å². The zero-order chi connectivity index (χ0) is 13.2. The molecule has 3 rings (SSSR count). The summed E-state index contributed by atoms with van der Waals surface area (Å²) in [6.45, 7) is 0. The van der Waals surface area contributed by atoms with Gasteiger partial charge in [-0.05, 0) is 18.2 Å². The first-order chi connectivity index (χ1) is 9.31. The number of fused-ring (bicyclic) bond motifs is 1. The molecule has 0 bridgehead atoms. The summed E-state index contributed by atoms with van der Waals surface area (Å²) in [5.74, 6) is 0.204. The van der Waals surface area contributed by atoms with Crippen LogP contribution in [-0.2, 0) is 0 Å². The Balaban J connectivity index is 2.33. The summed E-state index contributed by atoms with van der Waals surface area (Å²) in [5, 5.41) is 22.7. The second kappa shape index (κ2) is 4.49. The van der Waals surface area contributed by atoms with Gasteiger partial charge in [0.15, 0.2) is 0 Å². The van der Waals surface area contributed by atoms with Crippen molar-refractivity contribution < 1.29 is 10.3 Å². The second-order valence-corrected chi connectivity index (χ2v) is 4.20. The molecule has 0 aliphatic rings. The molecule has 0 amide bonds. The zero-order valence-corrected chi connectivity index (χ0v) is 10.1. The van der Waals surface area contributed by atoms with Gasteiger partial charge >= 0.3 is 0 Å². The van der Waals surface area contributed by atoms with Crippen molar-refractivity contribution in [3.05, 3.63) is 60.3 Å². The van der Waals surface area contributed by atoms with Crippen LogP contribution < -0.4 is 0 Å². The molecule has 0 fully saturated rings. The molecule has 0 unspecified atom stereocenters. The van der Waals surface area contributed by atoms with Crippen LogP contribution in [0.3, 0.4) is 0 Å². The lowest BCUT2D eigenvalue weighted by atomic mass is 10.2. The largest absolute Gasteiger partial charge is 0.506 e. The molecule has 3 aromatic rings. The van der Waals surface area contributed by atoms with Crippen LogP contribution in [0, 0.1) is 0 Å². The normalized spacial score (nSPS) is 11.4. The Hall–Kier alpha value is -2.75. The molecule has 4 heteroatoms. The van der Waals surface area contributed by atoms with Crippen molar-refractivity contribution in [3.8, 4) is 11.4 Å². The van der Waals surface area contributed by atoms with Crippen molar-refractivity contribution in [3.63, 3.8) is 0 Å². The summed E-state index contributed by atoms with van der Waals surface area (Å²) in [7, 11) is 0. The average molecular weight is 252 g/mol. The number of nitrogens with zero attached hydrogens (tertiary/aromatic N) is 2. The molecule has 0 radical (unpaired) electrons. The molecule has 0 spiro atoms. The lowest BCUT2D eigenvalue weighted by molar-refractivity contribution is 0.322. The molecule has 4 nitrogen and oxygen atoms in total. The monoisotopic (exact) mass is 252 g/mol. The van der Waals surface area contributed by atoms with Gasteiger partial charge in [-0.25, -0.2) is 0 Å². The van der Waals surface area contributed by atoms with Crippen molar-refractivity contribution in [2.45, 2.75) is 0 Å². The third kappa shape index (κ3) is 1.83. The smallest absolute Gasteiger partial charge is 0.139 e. The van der Waals surface area contributed by atoms with Crippen molar-refractivity contribution in [1.29, 1.82) is 0 Å². The highest BCUT2D eigenvalue weighted by Gasteiger charge is 2.10. The molecule has 1 aromatic heterocycles. The van der Waals surface area contributed by atoms with Gasteiger partial charge in [0.2, 0.25) is 0 Å². The summed E-state index contributed by atoms with van der Waals surface area (Å²) < 4.78 is 1.88. The van der Waals surface area contributed by atoms with Crippen LogP contribution in [0.5, 0.6) is 5.75 Å². The van der Waals surface area contributed by atoms with Crippen LogP contribution in [0.4, 0.5) is 0 Å². The Morgan fingerprint density at radius 2 is 1.74 bits per heavy atom. The summed E-state index contributed by atoms with van der Waals surface area (Å²) in [6, 6.07) is 14.9. The van der Waals surface area contributed by atoms with Crippen molar-refractivity contribution in [2.24, 2.45) is 5.16 Å². The molecule has 0 aliphatic heterocycles. The van der Waals surface area contributed by atoms with Gasteiger partial charge in [0, 0.05) is 17.1 Å². The minimum Gasteiger partial charge on any atom is -0.506 e. The van der Waals surface area contributed by atoms with Crippen LogP contribution >= 0.6 is 0 Å². The third-order valence-electron chi connectivity index (χ3n) is 3.08. The van der Waals surface area contributed by atoms with Crippen LogP contribution in [-0.4, -0.2) is 21.1 Å². The first-order valence-corrected chi connectivity index (χ1v) is 5.87. The van der Waals surface area contributed by atoms with E-state index in [1.54, 1.807) is 12.1 Å². The van der Waals surface area contributed by atoms with E-state index in [1.165, 1.54) is 6.21 Å². The molecule has 0 atom stereocenters. The van der Waals surface area contributed by atoms with E-state index in [-0.39, 0.29) is 5.75 Å². The lowest BCUT2D eigenvalue weighted by Gasteiger charge is -2.07. The zero-order valence-electron chi connectivity index (χ0n) is 10.1. The van der Waals surface area contributed by atoms with E-state index in [0.29, 0.717) is 5.69 Å². The van der Waals surface area contributed by atoms with Gasteiger partial charge in [0.1, 0.15) is 5.75 Å². The summed E-state index contributed by atoms with van der Waals surface area (Å²) in [6.07, 6.45) is 3.22. The molecule has 1 heterocycles. The Morgan fingerprint density at radius 1 is 1.00 bits per heavy atom. The molecule has 0 aliphatic carbocycles. The summed E-state index contributed by atoms with van der Waals surface area (Å²) in [4.78, 5) is 0. The predicted octanol–water partition coefficient (Wildman–Crippen LogP) is 3.14. The summed E-state index contributed by atoms with van der Waals surface area (Å²) >= 11 is 0. The highest BCUT2D eigenvalue weighted by Crippen LogP contribution is 2.28. The minimum absolute atomic E-state index is 0.204. The van der Waals surface area contributed by atoms with Gasteiger partial charge in [-0.3, -0.25) is 0 Å². The van der Waals surface area contributed by atoms with Gasteiger partial charge in [-0.15, -0.1) is 0 Å². The maximum Gasteiger partial charge on any atom is 0.139 e. The SMILES string of the molecule is O/N=C/c1cn(-c2ccccc2O)c2ccccc12. The van der Waals surface area contributed by atoms with Crippen LogP contribution in [0.25, 0.3) is 16.6 Å². The number of aromatic nitrogens is 1. The van der Waals surface area contributed by atoms with E-state index in [0.717, 1.165) is 16.5 Å². The van der Waals surface area contributed by atoms with E-state index < -0.39 is 0 Å². The fourth-order valence-electron chi connectivity index (χ4n) is 2.24. The third-order valence-corrected chi connectivity index (χ3v) is 3.08. The molecular weight excluding hydrogens is 240 g/mol. The Kier molecular flexibility index (Phi) is 2.68. The molecular formula is C15H12N2O2. The van der Waals surface area contributed by atoms with Gasteiger partial charge in [0.25, 0.3) is 0 Å². The number of aromatic hydroxyl groups is 1.